The van der Waals surface area contributed by atoms with Gasteiger partial charge < -0.3 is 15.4 Å². The first-order valence-electron chi connectivity index (χ1n) is 6.57. The van der Waals surface area contributed by atoms with Crippen LogP contribution in [0.4, 0.5) is 5.69 Å². The molecule has 4 heteroatoms. The highest BCUT2D eigenvalue weighted by atomic mass is 16.6. The summed E-state index contributed by atoms with van der Waals surface area (Å²) in [6.45, 7) is 6.31. The summed E-state index contributed by atoms with van der Waals surface area (Å²) in [4.78, 5) is 14.6. The Kier molecular flexibility index (Phi) is 3.31. The molecule has 0 aliphatic carbocycles. The summed E-state index contributed by atoms with van der Waals surface area (Å²) in [7, 11) is 2.01. The van der Waals surface area contributed by atoms with Crippen molar-refractivity contribution in [2.45, 2.75) is 38.3 Å². The van der Waals surface area contributed by atoms with Gasteiger partial charge in [0.2, 0.25) is 0 Å². The number of hydrogen-bond acceptors (Lipinski definition) is 4. The maximum Gasteiger partial charge on any atom is 0.331 e. The number of ether oxygens (including phenoxy) is 1. The molecule has 4 nitrogen and oxygen atoms in total. The molecule has 0 spiro atoms. The Morgan fingerprint density at radius 3 is 2.63 bits per heavy atom. The van der Waals surface area contributed by atoms with Crippen molar-refractivity contribution in [1.29, 1.82) is 0 Å². The first kappa shape index (κ1) is 13.9. The van der Waals surface area contributed by atoms with Crippen LogP contribution in [0.25, 0.3) is 0 Å². The van der Waals surface area contributed by atoms with E-state index in [0.717, 1.165) is 17.8 Å². The minimum Gasteiger partial charge on any atom is -0.458 e. The van der Waals surface area contributed by atoms with Gasteiger partial charge in [-0.05, 0) is 33.3 Å². The highest BCUT2D eigenvalue weighted by Crippen LogP contribution is 2.37. The number of anilines is 1. The van der Waals surface area contributed by atoms with E-state index in [2.05, 4.69) is 4.90 Å². The third-order valence-corrected chi connectivity index (χ3v) is 3.40. The highest BCUT2D eigenvalue weighted by molar-refractivity contribution is 5.86. The molecule has 0 saturated carbocycles. The zero-order valence-electron chi connectivity index (χ0n) is 12.1. The fourth-order valence-electron chi connectivity index (χ4n) is 2.36. The maximum absolute atomic E-state index is 12.4. The molecule has 1 aliphatic rings. The summed E-state index contributed by atoms with van der Waals surface area (Å²) in [5, 5.41) is 0. The number of carbonyl (C=O) groups is 1. The number of benzene rings is 1. The van der Waals surface area contributed by atoms with E-state index < -0.39 is 11.1 Å². The van der Waals surface area contributed by atoms with Crippen molar-refractivity contribution in [3.63, 3.8) is 0 Å². The molecule has 1 aromatic carbocycles. The van der Waals surface area contributed by atoms with Crippen molar-refractivity contribution in [2.75, 3.05) is 18.5 Å². The van der Waals surface area contributed by atoms with Crippen LogP contribution in [0, 0.1) is 0 Å². The van der Waals surface area contributed by atoms with Crippen LogP contribution in [0.5, 0.6) is 0 Å². The summed E-state index contributed by atoms with van der Waals surface area (Å²) in [6.07, 6.45) is 0.565. The van der Waals surface area contributed by atoms with Gasteiger partial charge in [0.25, 0.3) is 0 Å². The lowest BCUT2D eigenvalue weighted by atomic mass is 9.83. The topological polar surface area (TPSA) is 55.6 Å². The molecule has 1 aromatic rings. The van der Waals surface area contributed by atoms with E-state index in [4.69, 9.17) is 10.5 Å². The fraction of sp³-hybridized carbons (Fsp3) is 0.533. The highest BCUT2D eigenvalue weighted by Gasteiger charge is 2.43. The normalized spacial score (nSPS) is 22.9. The number of nitrogens with two attached hydrogens (primary N) is 1. The second kappa shape index (κ2) is 4.53. The van der Waals surface area contributed by atoms with Gasteiger partial charge in [-0.3, -0.25) is 0 Å². The Labute approximate surface area is 114 Å². The second-order valence-corrected chi connectivity index (χ2v) is 6.16. The molecule has 0 bridgehead atoms. The number of carbonyl (C=O) groups excluding carboxylic acids is 1. The number of nitrogens with zero attached hydrogens (tertiary/aromatic N) is 1. The van der Waals surface area contributed by atoms with Crippen molar-refractivity contribution in [3.8, 4) is 0 Å². The minimum atomic E-state index is -1.05. The maximum atomic E-state index is 12.4. The quantitative estimate of drug-likeness (QED) is 0.787. The van der Waals surface area contributed by atoms with Crippen LogP contribution in [0.15, 0.2) is 24.3 Å². The number of rotatable bonds is 1. The van der Waals surface area contributed by atoms with Crippen molar-refractivity contribution >= 4 is 11.7 Å². The van der Waals surface area contributed by atoms with Crippen LogP contribution < -0.4 is 10.6 Å². The summed E-state index contributed by atoms with van der Waals surface area (Å²) in [5.41, 5.74) is 6.66. The lowest BCUT2D eigenvalue weighted by molar-refractivity contribution is -0.162. The average Bonchev–Trinajstić information content (AvgIpc) is 2.32. The molecule has 104 valence electrons. The zero-order chi connectivity index (χ0) is 14.3. The van der Waals surface area contributed by atoms with Gasteiger partial charge in [0.1, 0.15) is 11.1 Å². The summed E-state index contributed by atoms with van der Waals surface area (Å²) in [5.74, 6) is -0.347. The second-order valence-electron chi connectivity index (χ2n) is 6.16. The molecular formula is C15H22N2O2. The van der Waals surface area contributed by atoms with E-state index in [9.17, 15) is 4.79 Å². The van der Waals surface area contributed by atoms with Crippen LogP contribution >= 0.6 is 0 Å². The molecule has 0 radical (unpaired) electrons. The monoisotopic (exact) mass is 262 g/mol. The molecule has 19 heavy (non-hydrogen) atoms. The van der Waals surface area contributed by atoms with Crippen LogP contribution in [0.3, 0.4) is 0 Å². The first-order chi connectivity index (χ1) is 8.74. The van der Waals surface area contributed by atoms with E-state index in [-0.39, 0.29) is 5.97 Å². The van der Waals surface area contributed by atoms with Crippen LogP contribution in [0.2, 0.25) is 0 Å². The van der Waals surface area contributed by atoms with Crippen molar-refractivity contribution in [3.05, 3.63) is 29.8 Å². The number of hydrogen-bond donors (Lipinski definition) is 1. The van der Waals surface area contributed by atoms with Gasteiger partial charge in [0, 0.05) is 24.8 Å². The van der Waals surface area contributed by atoms with E-state index in [1.54, 1.807) is 0 Å². The van der Waals surface area contributed by atoms with Gasteiger partial charge >= 0.3 is 5.97 Å². The lowest BCUT2D eigenvalue weighted by Crippen LogP contribution is -2.53. The molecule has 2 rings (SSSR count). The molecule has 0 amide bonds. The molecule has 1 unspecified atom stereocenters. The van der Waals surface area contributed by atoms with Gasteiger partial charge in [-0.1, -0.05) is 18.2 Å². The van der Waals surface area contributed by atoms with Gasteiger partial charge in [-0.2, -0.15) is 0 Å². The Morgan fingerprint density at radius 2 is 2.00 bits per heavy atom. The molecule has 1 atom stereocenters. The van der Waals surface area contributed by atoms with Crippen LogP contribution in [-0.4, -0.2) is 25.2 Å². The Balaban J connectivity index is 2.40. The molecule has 0 aromatic heterocycles. The molecule has 1 heterocycles. The van der Waals surface area contributed by atoms with Crippen molar-refractivity contribution in [1.82, 2.24) is 0 Å². The Hall–Kier alpha value is -1.55. The third kappa shape index (κ3) is 2.59. The zero-order valence-corrected chi connectivity index (χ0v) is 12.1. The van der Waals surface area contributed by atoms with E-state index >= 15 is 0 Å². The predicted octanol–water partition coefficient (Wildman–Crippen LogP) is 2.02. The molecule has 2 N–H and O–H groups in total. The SMILES string of the molecule is CN1CCC(N)(C(=O)OC(C)(C)C)c2ccccc21. The molecule has 0 saturated heterocycles. The summed E-state index contributed by atoms with van der Waals surface area (Å²) in [6, 6.07) is 7.76. The van der Waals surface area contributed by atoms with Gasteiger partial charge in [-0.25, -0.2) is 4.79 Å². The molecular weight excluding hydrogens is 240 g/mol. The Bertz CT molecular complexity index is 493. The summed E-state index contributed by atoms with van der Waals surface area (Å²) >= 11 is 0. The van der Waals surface area contributed by atoms with E-state index in [1.165, 1.54) is 0 Å². The van der Waals surface area contributed by atoms with Crippen LogP contribution in [-0.2, 0) is 15.1 Å². The van der Waals surface area contributed by atoms with E-state index in [1.807, 2.05) is 52.1 Å². The standard InChI is InChI=1S/C15H22N2O2/c1-14(2,3)19-13(18)15(16)9-10-17(4)12-8-6-5-7-11(12)15/h5-8H,9-10,16H2,1-4H3. The first-order valence-corrected chi connectivity index (χ1v) is 6.57. The van der Waals surface area contributed by atoms with E-state index in [0.29, 0.717) is 6.42 Å². The fourth-order valence-corrected chi connectivity index (χ4v) is 2.36. The van der Waals surface area contributed by atoms with Gasteiger partial charge in [0.15, 0.2) is 0 Å². The summed E-state index contributed by atoms with van der Waals surface area (Å²) < 4.78 is 5.49. The minimum absolute atomic E-state index is 0.347. The largest absolute Gasteiger partial charge is 0.458 e. The van der Waals surface area contributed by atoms with Gasteiger partial charge in [-0.15, -0.1) is 0 Å². The van der Waals surface area contributed by atoms with Crippen LogP contribution in [0.1, 0.15) is 32.8 Å². The molecule has 0 fully saturated rings. The number of esters is 1. The van der Waals surface area contributed by atoms with Crippen molar-refractivity contribution in [2.24, 2.45) is 5.73 Å². The average molecular weight is 262 g/mol. The van der Waals surface area contributed by atoms with Crippen molar-refractivity contribution < 1.29 is 9.53 Å². The number of fused-ring (bicyclic) bond motifs is 1. The lowest BCUT2D eigenvalue weighted by Gasteiger charge is -2.39. The Morgan fingerprint density at radius 1 is 1.37 bits per heavy atom. The van der Waals surface area contributed by atoms with Gasteiger partial charge in [0.05, 0.1) is 0 Å². The number of para-hydroxylation sites is 1. The smallest absolute Gasteiger partial charge is 0.331 e. The third-order valence-electron chi connectivity index (χ3n) is 3.40. The predicted molar refractivity (Wildman–Crippen MR) is 76.0 cm³/mol. The molecule has 1 aliphatic heterocycles.